The van der Waals surface area contributed by atoms with Crippen LogP contribution in [0.15, 0.2) is 30.3 Å². The maximum absolute atomic E-state index is 14.6. The van der Waals surface area contributed by atoms with Gasteiger partial charge in [-0.05, 0) is 98.6 Å². The zero-order valence-electron chi connectivity index (χ0n) is 17.5. The molecule has 0 aliphatic heterocycles. The molecular weight excluding hydrogens is 437 g/mol. The van der Waals surface area contributed by atoms with E-state index in [9.17, 15) is 30.7 Å². The molecule has 176 valence electrons. The van der Waals surface area contributed by atoms with Gasteiger partial charge in [0, 0.05) is 5.56 Å². The number of hydrogen-bond donors (Lipinski definition) is 0. The van der Waals surface area contributed by atoms with Crippen LogP contribution in [0, 0.1) is 23.4 Å². The Morgan fingerprint density at radius 2 is 1.50 bits per heavy atom. The van der Waals surface area contributed by atoms with Gasteiger partial charge in [0.25, 0.3) is 0 Å². The molecule has 1 nitrogen and oxygen atoms in total. The van der Waals surface area contributed by atoms with Gasteiger partial charge in [-0.25, -0.2) is 13.2 Å². The normalized spacial score (nSPS) is 19.2. The average molecular weight is 462 g/mol. The maximum atomic E-state index is 14.6. The zero-order chi connectivity index (χ0) is 23.3. The van der Waals surface area contributed by atoms with Gasteiger partial charge in [-0.1, -0.05) is 6.07 Å². The lowest BCUT2D eigenvalue weighted by atomic mass is 9.77. The minimum absolute atomic E-state index is 0.0517. The molecule has 0 bridgehead atoms. The molecule has 0 radical (unpaired) electrons. The van der Waals surface area contributed by atoms with Gasteiger partial charge < -0.3 is 4.74 Å². The Kier molecular flexibility index (Phi) is 8.06. The SMILES string of the molecule is FCCCC1CCC(c2cc(F)c(CCc3ccc(OC(F)(F)F)c(F)c3)c(F)c2)CC1. The minimum atomic E-state index is -5.01. The van der Waals surface area contributed by atoms with Crippen molar-refractivity contribution in [3.05, 3.63) is 64.5 Å². The lowest BCUT2D eigenvalue weighted by Gasteiger charge is -2.29. The molecule has 0 spiro atoms. The molecule has 0 heterocycles. The smallest absolute Gasteiger partial charge is 0.403 e. The molecule has 1 fully saturated rings. The van der Waals surface area contributed by atoms with Crippen molar-refractivity contribution in [2.24, 2.45) is 5.92 Å². The average Bonchev–Trinajstić information content (AvgIpc) is 2.73. The van der Waals surface area contributed by atoms with Crippen LogP contribution in [-0.2, 0) is 12.8 Å². The molecule has 0 amide bonds. The molecule has 2 aromatic rings. The summed E-state index contributed by atoms with van der Waals surface area (Å²) in [4.78, 5) is 0. The molecule has 1 aliphatic carbocycles. The Balaban J connectivity index is 1.62. The van der Waals surface area contributed by atoms with Crippen molar-refractivity contribution >= 4 is 0 Å². The summed E-state index contributed by atoms with van der Waals surface area (Å²) in [6.07, 6.45) is -0.191. The molecule has 0 unspecified atom stereocenters. The predicted octanol–water partition coefficient (Wildman–Crippen LogP) is 7.81. The second kappa shape index (κ2) is 10.6. The van der Waals surface area contributed by atoms with E-state index < -0.39 is 29.6 Å². The van der Waals surface area contributed by atoms with Crippen LogP contribution in [0.2, 0.25) is 0 Å². The molecule has 2 aromatic carbocycles. The molecule has 8 heteroatoms. The lowest BCUT2D eigenvalue weighted by Crippen LogP contribution is -2.18. The van der Waals surface area contributed by atoms with Crippen LogP contribution in [0.4, 0.5) is 30.7 Å². The molecule has 0 N–H and O–H groups in total. The summed E-state index contributed by atoms with van der Waals surface area (Å²) >= 11 is 0. The van der Waals surface area contributed by atoms with Crippen molar-refractivity contribution in [2.75, 3.05) is 6.67 Å². The standard InChI is InChI=1S/C24H25F7O/c25-11-1-2-15-3-7-17(8-4-15)18-13-20(26)19(21(27)14-18)9-5-16-6-10-23(22(28)12-16)32-24(29,30)31/h6,10,12-15,17H,1-5,7-9,11H2. The van der Waals surface area contributed by atoms with Crippen LogP contribution < -0.4 is 4.74 Å². The highest BCUT2D eigenvalue weighted by molar-refractivity contribution is 5.32. The summed E-state index contributed by atoms with van der Waals surface area (Å²) in [5, 5.41) is 0. The Hall–Kier alpha value is -2.25. The predicted molar refractivity (Wildman–Crippen MR) is 107 cm³/mol. The second-order valence-electron chi connectivity index (χ2n) is 8.32. The van der Waals surface area contributed by atoms with E-state index in [4.69, 9.17) is 0 Å². The summed E-state index contributed by atoms with van der Waals surface area (Å²) in [6, 6.07) is 5.62. The van der Waals surface area contributed by atoms with Crippen molar-refractivity contribution in [2.45, 2.75) is 63.6 Å². The van der Waals surface area contributed by atoms with Gasteiger partial charge >= 0.3 is 6.36 Å². The minimum Gasteiger partial charge on any atom is -0.403 e. The fourth-order valence-electron chi connectivity index (χ4n) is 4.42. The van der Waals surface area contributed by atoms with Gasteiger partial charge in [-0.2, -0.15) is 0 Å². The lowest BCUT2D eigenvalue weighted by molar-refractivity contribution is -0.275. The van der Waals surface area contributed by atoms with Crippen LogP contribution in [0.1, 0.15) is 61.1 Å². The van der Waals surface area contributed by atoms with Gasteiger partial charge in [0.05, 0.1) is 6.67 Å². The van der Waals surface area contributed by atoms with Gasteiger partial charge in [0.15, 0.2) is 11.6 Å². The van der Waals surface area contributed by atoms with Crippen LogP contribution in [0.5, 0.6) is 5.75 Å². The molecule has 32 heavy (non-hydrogen) atoms. The van der Waals surface area contributed by atoms with Gasteiger partial charge in [-0.15, -0.1) is 13.2 Å². The maximum Gasteiger partial charge on any atom is 0.573 e. The molecule has 0 saturated heterocycles. The monoisotopic (exact) mass is 462 g/mol. The molecule has 3 rings (SSSR count). The highest BCUT2D eigenvalue weighted by atomic mass is 19.4. The fourth-order valence-corrected chi connectivity index (χ4v) is 4.42. The van der Waals surface area contributed by atoms with E-state index >= 15 is 0 Å². The van der Waals surface area contributed by atoms with E-state index in [0.717, 1.165) is 44.2 Å². The van der Waals surface area contributed by atoms with E-state index in [0.29, 0.717) is 23.5 Å². The topological polar surface area (TPSA) is 9.23 Å². The van der Waals surface area contributed by atoms with Crippen LogP contribution in [0.3, 0.4) is 0 Å². The van der Waals surface area contributed by atoms with E-state index in [1.807, 2.05) is 0 Å². The number of rotatable bonds is 8. The first-order valence-corrected chi connectivity index (χ1v) is 10.7. The van der Waals surface area contributed by atoms with E-state index in [-0.39, 0.29) is 31.0 Å². The zero-order valence-corrected chi connectivity index (χ0v) is 17.5. The van der Waals surface area contributed by atoms with Gasteiger partial charge in [0.1, 0.15) is 11.6 Å². The second-order valence-corrected chi connectivity index (χ2v) is 8.32. The first-order chi connectivity index (χ1) is 15.2. The summed E-state index contributed by atoms with van der Waals surface area (Å²) in [5.41, 5.74) is 0.764. The van der Waals surface area contributed by atoms with Crippen LogP contribution in [0.25, 0.3) is 0 Å². The summed E-state index contributed by atoms with van der Waals surface area (Å²) in [5.74, 6) is -3.00. The summed E-state index contributed by atoms with van der Waals surface area (Å²) < 4.78 is 95.7. The third kappa shape index (κ3) is 6.62. The molecule has 0 aromatic heterocycles. The fraction of sp³-hybridized carbons (Fsp3) is 0.500. The van der Waals surface area contributed by atoms with E-state index in [1.54, 1.807) is 0 Å². The van der Waals surface area contributed by atoms with Crippen molar-refractivity contribution in [1.82, 2.24) is 0 Å². The van der Waals surface area contributed by atoms with Gasteiger partial charge in [-0.3, -0.25) is 4.39 Å². The Morgan fingerprint density at radius 3 is 2.06 bits per heavy atom. The first-order valence-electron chi connectivity index (χ1n) is 10.7. The molecule has 1 saturated carbocycles. The highest BCUT2D eigenvalue weighted by Gasteiger charge is 2.32. The van der Waals surface area contributed by atoms with E-state index in [2.05, 4.69) is 4.74 Å². The number of aryl methyl sites for hydroxylation is 1. The third-order valence-electron chi connectivity index (χ3n) is 6.11. The quantitative estimate of drug-likeness (QED) is 0.364. The van der Waals surface area contributed by atoms with Crippen molar-refractivity contribution in [1.29, 1.82) is 0 Å². The number of benzene rings is 2. The number of hydrogen-bond acceptors (Lipinski definition) is 1. The molecule has 1 aliphatic rings. The number of halogens is 7. The van der Waals surface area contributed by atoms with Crippen molar-refractivity contribution < 1.29 is 35.5 Å². The van der Waals surface area contributed by atoms with Crippen LogP contribution >= 0.6 is 0 Å². The third-order valence-corrected chi connectivity index (χ3v) is 6.11. The van der Waals surface area contributed by atoms with Crippen molar-refractivity contribution in [3.63, 3.8) is 0 Å². The van der Waals surface area contributed by atoms with Crippen molar-refractivity contribution in [3.8, 4) is 5.75 Å². The molecular formula is C24H25F7O. The first kappa shape index (κ1) is 24.4. The van der Waals surface area contributed by atoms with Gasteiger partial charge in [0.2, 0.25) is 0 Å². The Morgan fingerprint density at radius 1 is 0.844 bits per heavy atom. The summed E-state index contributed by atoms with van der Waals surface area (Å²) in [7, 11) is 0. The van der Waals surface area contributed by atoms with Crippen LogP contribution in [-0.4, -0.2) is 13.0 Å². The largest absolute Gasteiger partial charge is 0.573 e. The Labute approximate surface area is 182 Å². The molecule has 0 atom stereocenters. The number of alkyl halides is 4. The highest BCUT2D eigenvalue weighted by Crippen LogP contribution is 2.38. The Bertz CT molecular complexity index is 879. The van der Waals surface area contributed by atoms with E-state index in [1.165, 1.54) is 18.2 Å². The summed E-state index contributed by atoms with van der Waals surface area (Å²) in [6.45, 7) is -0.323. The number of ether oxygens (including phenoxy) is 1.